The van der Waals surface area contributed by atoms with Gasteiger partial charge in [-0.05, 0) is 85.8 Å². The summed E-state index contributed by atoms with van der Waals surface area (Å²) in [5, 5.41) is 3.31. The largest absolute Gasteiger partial charge is 0.493 e. The minimum atomic E-state index is -3.94. The SMILES string of the molecule is COc1ccc(C(CC=O)CNc2cccc(NS(=O)(=O)c3ccc(S(C)(=O)=O)cc3)c2)cc1OC1CCCC1. The standard InChI is InChI=1S/C29H34N2O7S2/c1-37-28-15-10-21(18-29(28)38-25-8-3-4-9-25)22(16-17-32)20-30-23-6-5-7-24(19-23)31-40(35,36)27-13-11-26(12-14-27)39(2,33)34/h5-7,10-15,17-19,22,25,30-31H,3-4,8-9,16,20H2,1-2H3. The fourth-order valence-electron chi connectivity index (χ4n) is 4.69. The number of sulfone groups is 1. The molecular weight excluding hydrogens is 552 g/mol. The van der Waals surface area contributed by atoms with Crippen LogP contribution in [0.1, 0.15) is 43.6 Å². The van der Waals surface area contributed by atoms with Gasteiger partial charge in [-0.25, -0.2) is 16.8 Å². The first-order chi connectivity index (χ1) is 19.1. The normalized spacial score (nSPS) is 14.8. The van der Waals surface area contributed by atoms with Gasteiger partial charge in [0, 0.05) is 30.8 Å². The highest BCUT2D eigenvalue weighted by molar-refractivity contribution is 7.92. The highest BCUT2D eigenvalue weighted by atomic mass is 32.2. The number of rotatable bonds is 13. The summed E-state index contributed by atoms with van der Waals surface area (Å²) in [7, 11) is -5.77. The van der Waals surface area contributed by atoms with Crippen molar-refractivity contribution < 1.29 is 31.1 Å². The lowest BCUT2D eigenvalue weighted by Gasteiger charge is -2.21. The maximum Gasteiger partial charge on any atom is 0.261 e. The van der Waals surface area contributed by atoms with E-state index in [1.165, 1.54) is 24.3 Å². The Labute approximate surface area is 235 Å². The molecule has 11 heteroatoms. The summed E-state index contributed by atoms with van der Waals surface area (Å²) in [5.74, 6) is 1.17. The van der Waals surface area contributed by atoms with Crippen LogP contribution >= 0.6 is 0 Å². The van der Waals surface area contributed by atoms with Gasteiger partial charge in [0.1, 0.15) is 6.29 Å². The van der Waals surface area contributed by atoms with E-state index < -0.39 is 19.9 Å². The van der Waals surface area contributed by atoms with Crippen LogP contribution in [0.15, 0.2) is 76.5 Å². The molecule has 1 aliphatic carbocycles. The number of methoxy groups -OCH3 is 1. The molecule has 40 heavy (non-hydrogen) atoms. The second-order valence-corrected chi connectivity index (χ2v) is 13.5. The highest BCUT2D eigenvalue weighted by Gasteiger charge is 2.21. The monoisotopic (exact) mass is 586 g/mol. The zero-order chi connectivity index (χ0) is 28.8. The van der Waals surface area contributed by atoms with Crippen LogP contribution in [-0.2, 0) is 24.7 Å². The van der Waals surface area contributed by atoms with Crippen molar-refractivity contribution in [2.45, 2.75) is 53.9 Å². The molecule has 0 aliphatic heterocycles. The summed E-state index contributed by atoms with van der Waals surface area (Å²) in [6.07, 6.45) is 6.72. The third-order valence-electron chi connectivity index (χ3n) is 6.87. The maximum atomic E-state index is 12.9. The molecule has 0 spiro atoms. The van der Waals surface area contributed by atoms with Crippen LogP contribution in [0.3, 0.4) is 0 Å². The van der Waals surface area contributed by atoms with Crippen molar-refractivity contribution in [3.63, 3.8) is 0 Å². The molecule has 0 amide bonds. The minimum Gasteiger partial charge on any atom is -0.493 e. The number of hydrogen-bond acceptors (Lipinski definition) is 8. The molecule has 1 atom stereocenters. The predicted molar refractivity (Wildman–Crippen MR) is 155 cm³/mol. The summed E-state index contributed by atoms with van der Waals surface area (Å²) in [6, 6.07) is 17.5. The quantitative estimate of drug-likeness (QED) is 0.268. The molecule has 1 aliphatic rings. The topological polar surface area (TPSA) is 128 Å². The van der Waals surface area contributed by atoms with Crippen LogP contribution in [0.5, 0.6) is 11.5 Å². The zero-order valence-corrected chi connectivity index (χ0v) is 24.1. The molecule has 1 saturated carbocycles. The van der Waals surface area contributed by atoms with Gasteiger partial charge in [0.25, 0.3) is 10.0 Å². The van der Waals surface area contributed by atoms with Gasteiger partial charge in [-0.3, -0.25) is 4.72 Å². The first kappa shape index (κ1) is 29.4. The van der Waals surface area contributed by atoms with Crippen LogP contribution < -0.4 is 19.5 Å². The van der Waals surface area contributed by atoms with E-state index in [2.05, 4.69) is 10.0 Å². The molecule has 1 unspecified atom stereocenters. The molecule has 0 aromatic heterocycles. The lowest BCUT2D eigenvalue weighted by Crippen LogP contribution is -2.16. The number of benzene rings is 3. The predicted octanol–water partition coefficient (Wildman–Crippen LogP) is 5.01. The molecule has 4 rings (SSSR count). The molecule has 0 saturated heterocycles. The van der Waals surface area contributed by atoms with Gasteiger partial charge in [-0.2, -0.15) is 0 Å². The van der Waals surface area contributed by atoms with Crippen molar-refractivity contribution in [2.75, 3.05) is 29.9 Å². The molecular formula is C29H34N2O7S2. The van der Waals surface area contributed by atoms with Crippen LogP contribution in [0.4, 0.5) is 11.4 Å². The van der Waals surface area contributed by atoms with Crippen molar-refractivity contribution in [2.24, 2.45) is 0 Å². The number of anilines is 2. The van der Waals surface area contributed by atoms with Crippen molar-refractivity contribution in [1.82, 2.24) is 0 Å². The summed E-state index contributed by atoms with van der Waals surface area (Å²) < 4.78 is 63.3. The van der Waals surface area contributed by atoms with Gasteiger partial charge in [0.05, 0.1) is 28.7 Å². The number of sulfonamides is 1. The Morgan fingerprint density at radius 2 is 1.57 bits per heavy atom. The van der Waals surface area contributed by atoms with Gasteiger partial charge in [0.15, 0.2) is 21.3 Å². The van der Waals surface area contributed by atoms with Gasteiger partial charge in [-0.1, -0.05) is 12.1 Å². The fraction of sp³-hybridized carbons (Fsp3) is 0.345. The number of carbonyl (C=O) groups excluding carboxylic acids is 1. The summed E-state index contributed by atoms with van der Waals surface area (Å²) in [5.41, 5.74) is 1.93. The van der Waals surface area contributed by atoms with E-state index in [1.807, 2.05) is 18.2 Å². The number of nitrogens with one attached hydrogen (secondary N) is 2. The highest BCUT2D eigenvalue weighted by Crippen LogP contribution is 2.35. The Morgan fingerprint density at radius 3 is 2.23 bits per heavy atom. The first-order valence-electron chi connectivity index (χ1n) is 13.0. The molecule has 214 valence electrons. The minimum absolute atomic E-state index is 0.0385. The van der Waals surface area contributed by atoms with Crippen molar-refractivity contribution in [3.05, 3.63) is 72.3 Å². The van der Waals surface area contributed by atoms with E-state index in [0.717, 1.165) is 43.8 Å². The fourth-order valence-corrected chi connectivity index (χ4v) is 6.37. The third kappa shape index (κ3) is 7.54. The maximum absolute atomic E-state index is 12.9. The summed E-state index contributed by atoms with van der Waals surface area (Å²) in [4.78, 5) is 11.5. The van der Waals surface area contributed by atoms with E-state index in [4.69, 9.17) is 9.47 Å². The van der Waals surface area contributed by atoms with Crippen molar-refractivity contribution in [1.29, 1.82) is 0 Å². The van der Waals surface area contributed by atoms with E-state index in [1.54, 1.807) is 31.4 Å². The van der Waals surface area contributed by atoms with Gasteiger partial charge >= 0.3 is 0 Å². The molecule has 1 fully saturated rings. The van der Waals surface area contributed by atoms with Crippen LogP contribution in [0.25, 0.3) is 0 Å². The van der Waals surface area contributed by atoms with E-state index >= 15 is 0 Å². The smallest absolute Gasteiger partial charge is 0.261 e. The Hall–Kier alpha value is -3.57. The van der Waals surface area contributed by atoms with E-state index in [9.17, 15) is 21.6 Å². The Bertz CT molecular complexity index is 1530. The number of hydrogen-bond donors (Lipinski definition) is 2. The van der Waals surface area contributed by atoms with E-state index in [0.29, 0.717) is 29.4 Å². The zero-order valence-electron chi connectivity index (χ0n) is 22.5. The third-order valence-corrected chi connectivity index (χ3v) is 9.39. The van der Waals surface area contributed by atoms with Gasteiger partial charge < -0.3 is 19.6 Å². The lowest BCUT2D eigenvalue weighted by molar-refractivity contribution is -0.108. The van der Waals surface area contributed by atoms with Crippen LogP contribution in [-0.4, -0.2) is 49.1 Å². The van der Waals surface area contributed by atoms with E-state index in [-0.39, 0.29) is 28.2 Å². The second-order valence-electron chi connectivity index (χ2n) is 9.84. The first-order valence-corrected chi connectivity index (χ1v) is 16.4. The van der Waals surface area contributed by atoms with Crippen molar-refractivity contribution in [3.8, 4) is 11.5 Å². The number of carbonyl (C=O) groups is 1. The molecule has 0 radical (unpaired) electrons. The van der Waals surface area contributed by atoms with Gasteiger partial charge in [0.2, 0.25) is 0 Å². The molecule has 3 aromatic carbocycles. The summed E-state index contributed by atoms with van der Waals surface area (Å²) >= 11 is 0. The van der Waals surface area contributed by atoms with Gasteiger partial charge in [-0.15, -0.1) is 0 Å². The Kier molecular flexibility index (Phi) is 9.36. The second kappa shape index (κ2) is 12.7. The van der Waals surface area contributed by atoms with Crippen molar-refractivity contribution >= 4 is 37.5 Å². The average molecular weight is 587 g/mol. The number of ether oxygens (including phenoxy) is 2. The summed E-state index contributed by atoms with van der Waals surface area (Å²) in [6.45, 7) is 0.428. The Morgan fingerprint density at radius 1 is 0.900 bits per heavy atom. The average Bonchev–Trinajstić information content (AvgIpc) is 3.44. The lowest BCUT2D eigenvalue weighted by atomic mass is 9.95. The molecule has 3 aromatic rings. The molecule has 2 N–H and O–H groups in total. The number of aldehydes is 1. The Balaban J connectivity index is 1.46. The molecule has 0 bridgehead atoms. The van der Waals surface area contributed by atoms with Crippen LogP contribution in [0, 0.1) is 0 Å². The van der Waals surface area contributed by atoms with Crippen LogP contribution in [0.2, 0.25) is 0 Å². The molecule has 9 nitrogen and oxygen atoms in total. The molecule has 0 heterocycles.